The van der Waals surface area contributed by atoms with Crippen molar-refractivity contribution in [2.45, 2.75) is 24.0 Å². The Bertz CT molecular complexity index is 1520. The molecule has 0 aliphatic carbocycles. The monoisotopic (exact) mass is 613 g/mol. The van der Waals surface area contributed by atoms with Crippen molar-refractivity contribution >= 4 is 62.9 Å². The Hall–Kier alpha value is -4.14. The van der Waals surface area contributed by atoms with Gasteiger partial charge in [-0.05, 0) is 86.2 Å². The first kappa shape index (κ1) is 28.9. The minimum Gasteiger partial charge on any atom is -0.325 e. The predicted octanol–water partition coefficient (Wildman–Crippen LogP) is 7.29. The molecule has 6 nitrogen and oxygen atoms in total. The van der Waals surface area contributed by atoms with Gasteiger partial charge in [0.25, 0.3) is 11.8 Å². The van der Waals surface area contributed by atoms with Crippen LogP contribution in [0.25, 0.3) is 6.08 Å². The average Bonchev–Trinajstić information content (AvgIpc) is 2.95. The van der Waals surface area contributed by atoms with Crippen molar-refractivity contribution in [3.8, 4) is 0 Å². The van der Waals surface area contributed by atoms with Crippen LogP contribution in [0.4, 0.5) is 11.4 Å². The van der Waals surface area contributed by atoms with E-state index in [0.29, 0.717) is 11.3 Å². The summed E-state index contributed by atoms with van der Waals surface area (Å²) in [4.78, 5) is 39.6. The summed E-state index contributed by atoms with van der Waals surface area (Å²) >= 11 is 4.80. The van der Waals surface area contributed by atoms with Gasteiger partial charge in [0.05, 0.1) is 5.25 Å². The third-order valence-corrected chi connectivity index (χ3v) is 7.43. The number of benzene rings is 4. The summed E-state index contributed by atoms with van der Waals surface area (Å²) < 4.78 is 0.941. The fourth-order valence-electron chi connectivity index (χ4n) is 3.72. The Morgan fingerprint density at radius 1 is 0.800 bits per heavy atom. The second kappa shape index (κ2) is 13.8. The lowest BCUT2D eigenvalue weighted by Crippen LogP contribution is -2.30. The molecule has 1 atom stereocenters. The molecule has 40 heavy (non-hydrogen) atoms. The number of amides is 3. The quantitative estimate of drug-likeness (QED) is 0.137. The van der Waals surface area contributed by atoms with Crippen molar-refractivity contribution in [2.24, 2.45) is 0 Å². The van der Waals surface area contributed by atoms with Gasteiger partial charge in [-0.15, -0.1) is 11.8 Å². The highest BCUT2D eigenvalue weighted by atomic mass is 79.9. The van der Waals surface area contributed by atoms with Crippen LogP contribution in [0.3, 0.4) is 0 Å². The van der Waals surface area contributed by atoms with E-state index in [1.54, 1.807) is 42.5 Å². The van der Waals surface area contributed by atoms with E-state index in [0.717, 1.165) is 26.2 Å². The first-order valence-electron chi connectivity index (χ1n) is 12.6. The SMILES string of the molecule is Cc1cccc(/C=C(\NC(=O)c2ccccc2)C(=O)Nc2ccc(SC(C)C(=O)Nc3ccc(Br)cc3)cc2)c1. The first-order chi connectivity index (χ1) is 19.3. The highest BCUT2D eigenvalue weighted by molar-refractivity contribution is 9.10. The molecule has 0 saturated heterocycles. The van der Waals surface area contributed by atoms with Gasteiger partial charge in [0, 0.05) is 26.3 Å². The number of anilines is 2. The summed E-state index contributed by atoms with van der Waals surface area (Å²) in [6.07, 6.45) is 1.65. The molecule has 0 heterocycles. The Labute approximate surface area is 246 Å². The van der Waals surface area contributed by atoms with Crippen LogP contribution in [0.1, 0.15) is 28.4 Å². The van der Waals surface area contributed by atoms with E-state index in [-0.39, 0.29) is 22.8 Å². The van der Waals surface area contributed by atoms with E-state index < -0.39 is 5.91 Å². The lowest BCUT2D eigenvalue weighted by molar-refractivity contribution is -0.115. The summed E-state index contributed by atoms with van der Waals surface area (Å²) in [7, 11) is 0. The molecule has 3 N–H and O–H groups in total. The molecule has 0 saturated carbocycles. The van der Waals surface area contributed by atoms with Crippen LogP contribution in [-0.4, -0.2) is 23.0 Å². The van der Waals surface area contributed by atoms with Gasteiger partial charge >= 0.3 is 0 Å². The molecule has 4 aromatic rings. The van der Waals surface area contributed by atoms with Gasteiger partial charge in [-0.25, -0.2) is 0 Å². The molecule has 3 amide bonds. The third kappa shape index (κ3) is 8.43. The highest BCUT2D eigenvalue weighted by Gasteiger charge is 2.17. The maximum atomic E-state index is 13.3. The van der Waals surface area contributed by atoms with Crippen molar-refractivity contribution < 1.29 is 14.4 Å². The molecular weight excluding hydrogens is 586 g/mol. The molecule has 202 valence electrons. The van der Waals surface area contributed by atoms with Gasteiger partial charge < -0.3 is 16.0 Å². The van der Waals surface area contributed by atoms with E-state index >= 15 is 0 Å². The zero-order chi connectivity index (χ0) is 28.5. The number of thioether (sulfide) groups is 1. The standard InChI is InChI=1S/C32H28BrN3O3S/c1-21-7-6-8-23(19-21)20-29(36-31(38)24-9-4-3-5-10-24)32(39)35-27-15-17-28(18-16-27)40-22(2)30(37)34-26-13-11-25(33)12-14-26/h3-20,22H,1-2H3,(H,34,37)(H,35,39)(H,36,38)/b29-20-. The average molecular weight is 615 g/mol. The number of halogens is 1. The highest BCUT2D eigenvalue weighted by Crippen LogP contribution is 2.26. The van der Waals surface area contributed by atoms with Gasteiger partial charge in [0.1, 0.15) is 5.70 Å². The number of carbonyl (C=O) groups excluding carboxylic acids is 3. The van der Waals surface area contributed by atoms with E-state index in [1.165, 1.54) is 11.8 Å². The van der Waals surface area contributed by atoms with Gasteiger partial charge in [-0.3, -0.25) is 14.4 Å². The molecule has 0 aliphatic rings. The molecule has 4 rings (SSSR count). The van der Waals surface area contributed by atoms with E-state index in [9.17, 15) is 14.4 Å². The maximum Gasteiger partial charge on any atom is 0.272 e. The Balaban J connectivity index is 1.42. The Kier molecular flexibility index (Phi) is 9.94. The van der Waals surface area contributed by atoms with Crippen LogP contribution < -0.4 is 16.0 Å². The van der Waals surface area contributed by atoms with Crippen molar-refractivity contribution in [2.75, 3.05) is 10.6 Å². The number of rotatable bonds is 9. The van der Waals surface area contributed by atoms with Crippen molar-refractivity contribution in [1.82, 2.24) is 5.32 Å². The fourth-order valence-corrected chi connectivity index (χ4v) is 4.85. The number of carbonyl (C=O) groups is 3. The van der Waals surface area contributed by atoms with Crippen molar-refractivity contribution in [1.29, 1.82) is 0 Å². The second-order valence-electron chi connectivity index (χ2n) is 9.03. The molecule has 0 radical (unpaired) electrons. The summed E-state index contributed by atoms with van der Waals surface area (Å²) in [6, 6.07) is 31.0. The lowest BCUT2D eigenvalue weighted by atomic mass is 10.1. The molecule has 8 heteroatoms. The topological polar surface area (TPSA) is 87.3 Å². The van der Waals surface area contributed by atoms with E-state index in [1.807, 2.05) is 80.6 Å². The van der Waals surface area contributed by atoms with E-state index in [4.69, 9.17) is 0 Å². The summed E-state index contributed by atoms with van der Waals surface area (Å²) in [6.45, 7) is 3.80. The zero-order valence-corrected chi connectivity index (χ0v) is 24.4. The normalized spacial score (nSPS) is 11.8. The van der Waals surface area contributed by atoms with Crippen LogP contribution in [0, 0.1) is 6.92 Å². The minimum atomic E-state index is -0.451. The molecule has 0 spiro atoms. The summed E-state index contributed by atoms with van der Waals surface area (Å²) in [5.74, 6) is -0.935. The second-order valence-corrected chi connectivity index (χ2v) is 11.4. The zero-order valence-electron chi connectivity index (χ0n) is 22.0. The number of nitrogens with one attached hydrogen (secondary N) is 3. The molecule has 1 unspecified atom stereocenters. The van der Waals surface area contributed by atoms with Crippen molar-refractivity contribution in [3.63, 3.8) is 0 Å². The fraction of sp³-hybridized carbons (Fsp3) is 0.0938. The first-order valence-corrected chi connectivity index (χ1v) is 14.2. The third-order valence-electron chi connectivity index (χ3n) is 5.79. The van der Waals surface area contributed by atoms with E-state index in [2.05, 4.69) is 31.9 Å². The van der Waals surface area contributed by atoms with Crippen molar-refractivity contribution in [3.05, 3.63) is 130 Å². The minimum absolute atomic E-state index is 0.107. The Morgan fingerprint density at radius 3 is 2.12 bits per heavy atom. The molecule has 0 fully saturated rings. The molecule has 0 aliphatic heterocycles. The summed E-state index contributed by atoms with van der Waals surface area (Å²) in [5.41, 5.74) is 3.69. The molecule has 0 aromatic heterocycles. The smallest absolute Gasteiger partial charge is 0.272 e. The predicted molar refractivity (Wildman–Crippen MR) is 166 cm³/mol. The number of hydrogen-bond donors (Lipinski definition) is 3. The van der Waals surface area contributed by atoms with Gasteiger partial charge in [-0.1, -0.05) is 64.0 Å². The van der Waals surface area contributed by atoms with Crippen LogP contribution in [0.15, 0.2) is 118 Å². The van der Waals surface area contributed by atoms with Crippen LogP contribution in [-0.2, 0) is 9.59 Å². The lowest BCUT2D eigenvalue weighted by Gasteiger charge is -2.14. The largest absolute Gasteiger partial charge is 0.325 e. The van der Waals surface area contributed by atoms with Crippen LogP contribution in [0.2, 0.25) is 0 Å². The van der Waals surface area contributed by atoms with Gasteiger partial charge in [-0.2, -0.15) is 0 Å². The number of aryl methyl sites for hydroxylation is 1. The van der Waals surface area contributed by atoms with Gasteiger partial charge in [0.15, 0.2) is 0 Å². The molecule has 4 aromatic carbocycles. The maximum absolute atomic E-state index is 13.3. The van der Waals surface area contributed by atoms with Crippen LogP contribution >= 0.6 is 27.7 Å². The number of hydrogen-bond acceptors (Lipinski definition) is 4. The Morgan fingerprint density at radius 2 is 1.45 bits per heavy atom. The van der Waals surface area contributed by atoms with Crippen LogP contribution in [0.5, 0.6) is 0 Å². The molecular formula is C32H28BrN3O3S. The molecule has 0 bridgehead atoms. The van der Waals surface area contributed by atoms with Gasteiger partial charge in [0.2, 0.25) is 5.91 Å². The summed E-state index contributed by atoms with van der Waals surface area (Å²) in [5, 5.41) is 8.19.